The highest BCUT2D eigenvalue weighted by molar-refractivity contribution is 5.96. The number of amidine groups is 1. The summed E-state index contributed by atoms with van der Waals surface area (Å²) in [6.45, 7) is 2.34. The van der Waals surface area contributed by atoms with Crippen molar-refractivity contribution in [2.24, 2.45) is 4.99 Å². The average Bonchev–Trinajstić information content (AvgIpc) is 2.71. The van der Waals surface area contributed by atoms with E-state index in [-0.39, 0.29) is 5.69 Å². The quantitative estimate of drug-likeness (QED) is 0.757. The fourth-order valence-corrected chi connectivity index (χ4v) is 1.56. The van der Waals surface area contributed by atoms with E-state index in [0.29, 0.717) is 11.4 Å². The summed E-state index contributed by atoms with van der Waals surface area (Å²) in [5, 5.41) is 2.72. The zero-order valence-corrected chi connectivity index (χ0v) is 8.48. The summed E-state index contributed by atoms with van der Waals surface area (Å²) in [4.78, 5) is 4.12. The van der Waals surface area contributed by atoms with Crippen LogP contribution in [0.4, 0.5) is 14.5 Å². The van der Waals surface area contributed by atoms with Crippen molar-refractivity contribution in [3.8, 4) is 0 Å². The zero-order chi connectivity index (χ0) is 10.8. The predicted octanol–water partition coefficient (Wildman–Crippen LogP) is 2.88. The minimum atomic E-state index is -0.576. The largest absolute Gasteiger partial charge is 0.339 e. The molecule has 2 rings (SSSR count). The molecule has 0 fully saturated rings. The van der Waals surface area contributed by atoms with Gasteiger partial charge in [-0.1, -0.05) is 6.07 Å². The van der Waals surface area contributed by atoms with Crippen LogP contribution in [-0.4, -0.2) is 12.4 Å². The number of halogens is 2. The summed E-state index contributed by atoms with van der Waals surface area (Å²) >= 11 is 0. The van der Waals surface area contributed by atoms with Gasteiger partial charge in [0, 0.05) is 13.0 Å². The highest BCUT2D eigenvalue weighted by Gasteiger charge is 2.14. The van der Waals surface area contributed by atoms with Crippen molar-refractivity contribution >= 4 is 11.5 Å². The van der Waals surface area contributed by atoms with Crippen LogP contribution >= 0.6 is 0 Å². The summed E-state index contributed by atoms with van der Waals surface area (Å²) in [6, 6.07) is 2.68. The van der Waals surface area contributed by atoms with Crippen molar-refractivity contribution in [2.45, 2.75) is 19.8 Å². The molecule has 0 aliphatic carbocycles. The molecule has 80 valence electrons. The first-order valence-corrected chi connectivity index (χ1v) is 4.93. The van der Waals surface area contributed by atoms with E-state index >= 15 is 0 Å². The van der Waals surface area contributed by atoms with Crippen molar-refractivity contribution < 1.29 is 8.78 Å². The number of aliphatic imine (C=N–C) groups is 1. The topological polar surface area (TPSA) is 24.4 Å². The molecule has 0 amide bonds. The van der Waals surface area contributed by atoms with Crippen molar-refractivity contribution in [3.05, 3.63) is 29.3 Å². The Bertz CT molecular complexity index is 413. The van der Waals surface area contributed by atoms with E-state index in [2.05, 4.69) is 10.3 Å². The third-order valence-corrected chi connectivity index (χ3v) is 2.43. The van der Waals surface area contributed by atoms with E-state index in [9.17, 15) is 8.78 Å². The van der Waals surface area contributed by atoms with Gasteiger partial charge in [0.2, 0.25) is 0 Å². The lowest BCUT2D eigenvalue weighted by Gasteiger charge is -2.09. The van der Waals surface area contributed by atoms with E-state index < -0.39 is 11.6 Å². The molecule has 1 aliphatic rings. The Labute approximate surface area is 87.0 Å². The lowest BCUT2D eigenvalue weighted by atomic mass is 10.2. The predicted molar refractivity (Wildman–Crippen MR) is 56.3 cm³/mol. The molecule has 0 radical (unpaired) electrons. The summed E-state index contributed by atoms with van der Waals surface area (Å²) in [6.07, 6.45) is 1.70. The standard InChI is InChI=1S/C11H12F2N2/c1-7-4-5-8(12)11(10(7)13)15-9-3-2-6-14-9/h4-5H,2-3,6H2,1H3,(H,14,15). The second kappa shape index (κ2) is 3.96. The van der Waals surface area contributed by atoms with Gasteiger partial charge in [0.15, 0.2) is 5.82 Å². The second-order valence-electron chi connectivity index (χ2n) is 3.61. The SMILES string of the molecule is Cc1ccc(F)c(NC2=NCCC2)c1F. The molecule has 1 N–H and O–H groups in total. The molecular formula is C11H12F2N2. The fourth-order valence-electron chi connectivity index (χ4n) is 1.56. The van der Waals surface area contributed by atoms with Gasteiger partial charge in [0.1, 0.15) is 17.3 Å². The van der Waals surface area contributed by atoms with Crippen LogP contribution in [0.15, 0.2) is 17.1 Å². The van der Waals surface area contributed by atoms with Gasteiger partial charge >= 0.3 is 0 Å². The molecule has 0 saturated carbocycles. The molecule has 0 spiro atoms. The van der Waals surface area contributed by atoms with Gasteiger partial charge in [0.25, 0.3) is 0 Å². The molecule has 0 bridgehead atoms. The average molecular weight is 210 g/mol. The Kier molecular flexibility index (Phi) is 2.66. The first-order valence-electron chi connectivity index (χ1n) is 4.93. The van der Waals surface area contributed by atoms with Crippen LogP contribution in [0.25, 0.3) is 0 Å². The molecule has 0 atom stereocenters. The molecule has 1 aliphatic heterocycles. The third kappa shape index (κ3) is 1.98. The number of benzene rings is 1. The number of hydrogen-bond acceptors (Lipinski definition) is 2. The van der Waals surface area contributed by atoms with E-state index in [1.54, 1.807) is 6.92 Å². The Hall–Kier alpha value is -1.45. The smallest absolute Gasteiger partial charge is 0.152 e. The van der Waals surface area contributed by atoms with Gasteiger partial charge in [-0.2, -0.15) is 0 Å². The van der Waals surface area contributed by atoms with Crippen LogP contribution in [0.5, 0.6) is 0 Å². The van der Waals surface area contributed by atoms with Crippen LogP contribution in [-0.2, 0) is 0 Å². The molecule has 1 aromatic carbocycles. The van der Waals surface area contributed by atoms with Crippen LogP contribution in [0.3, 0.4) is 0 Å². The number of aryl methyl sites for hydroxylation is 1. The summed E-state index contributed by atoms with van der Waals surface area (Å²) in [5.41, 5.74) is 0.341. The Morgan fingerprint density at radius 2 is 2.13 bits per heavy atom. The van der Waals surface area contributed by atoms with Crippen LogP contribution in [0.1, 0.15) is 18.4 Å². The first-order chi connectivity index (χ1) is 7.18. The normalized spacial score (nSPS) is 15.3. The number of hydrogen-bond donors (Lipinski definition) is 1. The maximum atomic E-state index is 13.6. The Balaban J connectivity index is 2.30. The minimum absolute atomic E-state index is 0.0874. The van der Waals surface area contributed by atoms with Gasteiger partial charge in [-0.3, -0.25) is 4.99 Å². The second-order valence-corrected chi connectivity index (χ2v) is 3.61. The van der Waals surface area contributed by atoms with E-state index in [4.69, 9.17) is 0 Å². The van der Waals surface area contributed by atoms with E-state index in [1.165, 1.54) is 12.1 Å². The molecule has 1 aromatic rings. The fraction of sp³-hybridized carbons (Fsp3) is 0.364. The molecule has 0 saturated heterocycles. The van der Waals surface area contributed by atoms with Gasteiger partial charge in [-0.25, -0.2) is 8.78 Å². The molecule has 1 heterocycles. The third-order valence-electron chi connectivity index (χ3n) is 2.43. The number of rotatable bonds is 1. The van der Waals surface area contributed by atoms with Gasteiger partial charge in [-0.05, 0) is 25.0 Å². The van der Waals surface area contributed by atoms with Gasteiger partial charge in [0.05, 0.1) is 0 Å². The summed E-state index contributed by atoms with van der Waals surface area (Å²) in [5.74, 6) is -0.448. The molecule has 0 aromatic heterocycles. The van der Waals surface area contributed by atoms with Crippen molar-refractivity contribution in [3.63, 3.8) is 0 Å². The van der Waals surface area contributed by atoms with Gasteiger partial charge in [-0.15, -0.1) is 0 Å². The summed E-state index contributed by atoms with van der Waals surface area (Å²) in [7, 11) is 0. The lowest BCUT2D eigenvalue weighted by Crippen LogP contribution is -2.12. The lowest BCUT2D eigenvalue weighted by molar-refractivity contribution is 0.585. The van der Waals surface area contributed by atoms with Crippen molar-refractivity contribution in [1.82, 2.24) is 0 Å². The number of nitrogens with one attached hydrogen (secondary N) is 1. The van der Waals surface area contributed by atoms with Gasteiger partial charge < -0.3 is 5.32 Å². The zero-order valence-electron chi connectivity index (χ0n) is 8.48. The maximum absolute atomic E-state index is 13.6. The monoisotopic (exact) mass is 210 g/mol. The van der Waals surface area contributed by atoms with Crippen molar-refractivity contribution in [2.75, 3.05) is 11.9 Å². The first kappa shape index (κ1) is 10.1. The van der Waals surface area contributed by atoms with Crippen LogP contribution < -0.4 is 5.32 Å². The number of anilines is 1. The highest BCUT2D eigenvalue weighted by Crippen LogP contribution is 2.22. The Morgan fingerprint density at radius 3 is 2.80 bits per heavy atom. The minimum Gasteiger partial charge on any atom is -0.339 e. The molecular weight excluding hydrogens is 198 g/mol. The maximum Gasteiger partial charge on any atom is 0.152 e. The molecule has 2 nitrogen and oxygen atoms in total. The molecule has 15 heavy (non-hydrogen) atoms. The van der Waals surface area contributed by atoms with Crippen LogP contribution in [0.2, 0.25) is 0 Å². The van der Waals surface area contributed by atoms with Crippen LogP contribution in [0, 0.1) is 18.6 Å². The molecule has 4 heteroatoms. The van der Waals surface area contributed by atoms with Crippen molar-refractivity contribution in [1.29, 1.82) is 0 Å². The van der Waals surface area contributed by atoms with E-state index in [0.717, 1.165) is 19.4 Å². The number of nitrogens with zero attached hydrogens (tertiary/aromatic N) is 1. The highest BCUT2D eigenvalue weighted by atomic mass is 19.1. The Morgan fingerprint density at radius 1 is 1.33 bits per heavy atom. The summed E-state index contributed by atoms with van der Waals surface area (Å²) < 4.78 is 26.9. The van der Waals surface area contributed by atoms with E-state index in [1.807, 2.05) is 0 Å². The molecule has 0 unspecified atom stereocenters.